The van der Waals surface area contributed by atoms with Crippen LogP contribution in [0.3, 0.4) is 0 Å². The molecule has 2 N–H and O–H groups in total. The molecule has 1 fully saturated rings. The standard InChI is InChI=1S/C12H8F3N3O2/c13-12(14,15)7-1-2-8(6(3-7)5-16)17-9-4-10(19)18-11(9)20/h1-3,9,17H,4H2,(H,18,19,20). The Hall–Kier alpha value is -2.56. The van der Waals surface area contributed by atoms with Gasteiger partial charge in [-0.2, -0.15) is 18.4 Å². The Balaban J connectivity index is 2.27. The van der Waals surface area contributed by atoms with Gasteiger partial charge in [0.2, 0.25) is 11.8 Å². The molecule has 1 aromatic rings. The fourth-order valence-corrected chi connectivity index (χ4v) is 1.80. The lowest BCUT2D eigenvalue weighted by Crippen LogP contribution is -2.30. The van der Waals surface area contributed by atoms with Crippen LogP contribution in [-0.4, -0.2) is 17.9 Å². The average Bonchev–Trinajstić information content (AvgIpc) is 2.67. The van der Waals surface area contributed by atoms with Crippen molar-refractivity contribution in [3.63, 3.8) is 0 Å². The van der Waals surface area contributed by atoms with E-state index in [-0.39, 0.29) is 17.7 Å². The van der Waals surface area contributed by atoms with E-state index < -0.39 is 29.6 Å². The number of halogens is 3. The number of benzene rings is 1. The number of anilines is 1. The summed E-state index contributed by atoms with van der Waals surface area (Å²) in [6, 6.07) is 3.31. The molecular formula is C12H8F3N3O2. The number of carbonyl (C=O) groups is 2. The van der Waals surface area contributed by atoms with Gasteiger partial charge in [-0.15, -0.1) is 0 Å². The lowest BCUT2D eigenvalue weighted by atomic mass is 10.1. The van der Waals surface area contributed by atoms with E-state index >= 15 is 0 Å². The van der Waals surface area contributed by atoms with E-state index in [2.05, 4.69) is 10.6 Å². The van der Waals surface area contributed by atoms with Crippen molar-refractivity contribution in [1.29, 1.82) is 5.26 Å². The number of hydrogen-bond donors (Lipinski definition) is 2. The molecule has 2 amide bonds. The first-order valence-corrected chi connectivity index (χ1v) is 5.53. The maximum Gasteiger partial charge on any atom is 0.416 e. The van der Waals surface area contributed by atoms with Gasteiger partial charge in [0.25, 0.3) is 0 Å². The Morgan fingerprint density at radius 1 is 1.35 bits per heavy atom. The Morgan fingerprint density at radius 2 is 2.05 bits per heavy atom. The van der Waals surface area contributed by atoms with Gasteiger partial charge in [-0.3, -0.25) is 14.9 Å². The number of alkyl halides is 3. The predicted octanol–water partition coefficient (Wildman–Crippen LogP) is 1.40. The van der Waals surface area contributed by atoms with Gasteiger partial charge in [0.1, 0.15) is 12.1 Å². The monoisotopic (exact) mass is 283 g/mol. The van der Waals surface area contributed by atoms with E-state index in [9.17, 15) is 22.8 Å². The van der Waals surface area contributed by atoms with Gasteiger partial charge in [0, 0.05) is 0 Å². The molecule has 2 rings (SSSR count). The summed E-state index contributed by atoms with van der Waals surface area (Å²) in [5, 5.41) is 13.5. The smallest absolute Gasteiger partial charge is 0.372 e. The number of nitrogens with zero attached hydrogens (tertiary/aromatic N) is 1. The lowest BCUT2D eigenvalue weighted by Gasteiger charge is -2.14. The van der Waals surface area contributed by atoms with E-state index in [0.717, 1.165) is 12.1 Å². The molecule has 20 heavy (non-hydrogen) atoms. The molecule has 1 saturated heterocycles. The second-order valence-electron chi connectivity index (χ2n) is 4.18. The molecule has 1 aliphatic rings. The summed E-state index contributed by atoms with van der Waals surface area (Å²) in [6.45, 7) is 0. The molecule has 1 atom stereocenters. The third-order valence-electron chi connectivity index (χ3n) is 2.77. The van der Waals surface area contributed by atoms with Crippen LogP contribution in [0.1, 0.15) is 17.5 Å². The van der Waals surface area contributed by atoms with Gasteiger partial charge in [0.05, 0.1) is 23.2 Å². The van der Waals surface area contributed by atoms with Crippen molar-refractivity contribution < 1.29 is 22.8 Å². The van der Waals surface area contributed by atoms with Crippen molar-refractivity contribution in [3.8, 4) is 6.07 Å². The molecule has 0 radical (unpaired) electrons. The van der Waals surface area contributed by atoms with Gasteiger partial charge in [-0.05, 0) is 18.2 Å². The van der Waals surface area contributed by atoms with Gasteiger partial charge in [-0.25, -0.2) is 0 Å². The number of carbonyl (C=O) groups excluding carboxylic acids is 2. The molecule has 0 bridgehead atoms. The third-order valence-corrected chi connectivity index (χ3v) is 2.77. The van der Waals surface area contributed by atoms with Gasteiger partial charge in [0.15, 0.2) is 0 Å². The lowest BCUT2D eigenvalue weighted by molar-refractivity contribution is -0.137. The van der Waals surface area contributed by atoms with Crippen LogP contribution >= 0.6 is 0 Å². The average molecular weight is 283 g/mol. The fraction of sp³-hybridized carbons (Fsp3) is 0.250. The summed E-state index contributed by atoms with van der Waals surface area (Å²) >= 11 is 0. The first-order valence-electron chi connectivity index (χ1n) is 5.53. The molecule has 0 spiro atoms. The molecular weight excluding hydrogens is 275 g/mol. The maximum absolute atomic E-state index is 12.5. The van der Waals surface area contributed by atoms with Crippen LogP contribution in [0.4, 0.5) is 18.9 Å². The highest BCUT2D eigenvalue weighted by atomic mass is 19.4. The number of amides is 2. The number of nitrogens with one attached hydrogen (secondary N) is 2. The van der Waals surface area contributed by atoms with Crippen LogP contribution in [0, 0.1) is 11.3 Å². The number of rotatable bonds is 2. The molecule has 1 unspecified atom stereocenters. The molecule has 1 aromatic carbocycles. The van der Waals surface area contributed by atoms with Crippen LogP contribution in [0.15, 0.2) is 18.2 Å². The second kappa shape index (κ2) is 4.85. The summed E-state index contributed by atoms with van der Waals surface area (Å²) in [6.07, 6.45) is -4.67. The zero-order chi connectivity index (χ0) is 14.9. The zero-order valence-electron chi connectivity index (χ0n) is 9.91. The third kappa shape index (κ3) is 2.71. The highest BCUT2D eigenvalue weighted by molar-refractivity contribution is 6.06. The van der Waals surface area contributed by atoms with Crippen molar-refractivity contribution in [3.05, 3.63) is 29.3 Å². The topological polar surface area (TPSA) is 82.0 Å². The van der Waals surface area contributed by atoms with Gasteiger partial charge < -0.3 is 5.32 Å². The minimum Gasteiger partial charge on any atom is -0.372 e. The van der Waals surface area contributed by atoms with Crippen molar-refractivity contribution in [2.24, 2.45) is 0 Å². The van der Waals surface area contributed by atoms with E-state index in [4.69, 9.17) is 5.26 Å². The highest BCUT2D eigenvalue weighted by Gasteiger charge is 2.33. The van der Waals surface area contributed by atoms with E-state index in [1.165, 1.54) is 0 Å². The summed E-state index contributed by atoms with van der Waals surface area (Å²) in [4.78, 5) is 22.4. The Labute approximate surface area is 111 Å². The molecule has 8 heteroatoms. The molecule has 1 aliphatic heterocycles. The molecule has 104 valence electrons. The van der Waals surface area contributed by atoms with Crippen LogP contribution in [0.5, 0.6) is 0 Å². The van der Waals surface area contributed by atoms with Gasteiger partial charge >= 0.3 is 6.18 Å². The Morgan fingerprint density at radius 3 is 2.55 bits per heavy atom. The maximum atomic E-state index is 12.5. The van der Waals surface area contributed by atoms with Crippen molar-refractivity contribution in [2.45, 2.75) is 18.6 Å². The van der Waals surface area contributed by atoms with Gasteiger partial charge in [-0.1, -0.05) is 0 Å². The SMILES string of the molecule is N#Cc1cc(C(F)(F)F)ccc1NC1CC(=O)NC1=O. The Kier molecular flexibility index (Phi) is 3.36. The molecule has 1 heterocycles. The van der Waals surface area contributed by atoms with E-state index in [1.54, 1.807) is 6.07 Å². The molecule has 5 nitrogen and oxygen atoms in total. The van der Waals surface area contributed by atoms with Crippen molar-refractivity contribution in [1.82, 2.24) is 5.32 Å². The van der Waals surface area contributed by atoms with Crippen molar-refractivity contribution >= 4 is 17.5 Å². The largest absolute Gasteiger partial charge is 0.416 e. The fourth-order valence-electron chi connectivity index (χ4n) is 1.80. The number of hydrogen-bond acceptors (Lipinski definition) is 4. The quantitative estimate of drug-likeness (QED) is 0.804. The summed E-state index contributed by atoms with van der Waals surface area (Å²) in [5.41, 5.74) is -1.12. The van der Waals surface area contributed by atoms with E-state index in [0.29, 0.717) is 6.07 Å². The summed E-state index contributed by atoms with van der Waals surface area (Å²) in [7, 11) is 0. The van der Waals surface area contributed by atoms with Crippen LogP contribution in [0.25, 0.3) is 0 Å². The minimum atomic E-state index is -4.55. The van der Waals surface area contributed by atoms with Crippen LogP contribution in [-0.2, 0) is 15.8 Å². The Bertz CT molecular complexity index is 619. The summed E-state index contributed by atoms with van der Waals surface area (Å²) < 4.78 is 37.5. The molecule has 0 aromatic heterocycles. The van der Waals surface area contributed by atoms with Crippen LogP contribution in [0.2, 0.25) is 0 Å². The van der Waals surface area contributed by atoms with E-state index in [1.807, 2.05) is 0 Å². The second-order valence-corrected chi connectivity index (χ2v) is 4.18. The molecule has 0 aliphatic carbocycles. The number of nitriles is 1. The summed E-state index contributed by atoms with van der Waals surface area (Å²) in [5.74, 6) is -1.04. The highest BCUT2D eigenvalue weighted by Crippen LogP contribution is 2.32. The first-order chi connectivity index (χ1) is 9.31. The normalized spacial score (nSPS) is 18.6. The number of imide groups is 1. The van der Waals surface area contributed by atoms with Crippen molar-refractivity contribution in [2.75, 3.05) is 5.32 Å². The predicted molar refractivity (Wildman–Crippen MR) is 61.3 cm³/mol. The first kappa shape index (κ1) is 13.9. The molecule has 0 saturated carbocycles. The zero-order valence-corrected chi connectivity index (χ0v) is 9.91. The van der Waals surface area contributed by atoms with Crippen LogP contribution < -0.4 is 10.6 Å². The minimum absolute atomic E-state index is 0.0790.